The minimum Gasteiger partial charge on any atom is -0.504 e. The molecule has 3 aliphatic rings. The summed E-state index contributed by atoms with van der Waals surface area (Å²) >= 11 is 6.35. The van der Waals surface area contributed by atoms with Crippen LogP contribution < -0.4 is 5.73 Å². The Morgan fingerprint density at radius 3 is 1.43 bits per heavy atom. The number of aromatic hydroxyl groups is 1. The van der Waals surface area contributed by atoms with Gasteiger partial charge in [0.05, 0.1) is 10.7 Å². The number of ether oxygens (including phenoxy) is 2. The Bertz CT molecular complexity index is 2160. The summed E-state index contributed by atoms with van der Waals surface area (Å²) in [5.74, 6) is -1.11. The number of amides is 2. The fraction of sp³-hybridized carbons (Fsp3) is 0.220. The second-order valence-corrected chi connectivity index (χ2v) is 16.1. The number of nitrogens with zero attached hydrogens (tertiary/aromatic N) is 2. The molecule has 5 aromatic rings. The monoisotopic (exact) mass is 749 g/mol. The van der Waals surface area contributed by atoms with Crippen molar-refractivity contribution in [3.05, 3.63) is 136 Å². The van der Waals surface area contributed by atoms with Crippen LogP contribution >= 0.6 is 11.6 Å². The lowest BCUT2D eigenvalue weighted by Crippen LogP contribution is -2.43. The second-order valence-electron chi connectivity index (χ2n) is 13.5. The molecule has 8 rings (SSSR count). The molecule has 1 saturated heterocycles. The van der Waals surface area contributed by atoms with Crippen molar-refractivity contribution in [2.24, 2.45) is 0 Å². The first kappa shape index (κ1) is 34.6. The van der Waals surface area contributed by atoms with E-state index in [-0.39, 0.29) is 61.9 Å². The molecule has 1 fully saturated rings. The zero-order valence-corrected chi connectivity index (χ0v) is 30.1. The number of hydrogen-bond acceptors (Lipinski definition) is 8. The van der Waals surface area contributed by atoms with Gasteiger partial charge in [-0.25, -0.2) is 18.0 Å². The van der Waals surface area contributed by atoms with E-state index in [0.29, 0.717) is 0 Å². The third-order valence-electron chi connectivity index (χ3n) is 10.5. The third-order valence-corrected chi connectivity index (χ3v) is 13.1. The minimum atomic E-state index is -4.48. The van der Waals surface area contributed by atoms with Crippen molar-refractivity contribution in [3.63, 3.8) is 0 Å². The highest BCUT2D eigenvalue weighted by molar-refractivity contribution is 7.92. The maximum atomic E-state index is 14.3. The number of halogens is 1. The Morgan fingerprint density at radius 1 is 0.660 bits per heavy atom. The summed E-state index contributed by atoms with van der Waals surface area (Å²) < 4.78 is 40.4. The van der Waals surface area contributed by atoms with Crippen molar-refractivity contribution in [1.29, 1.82) is 0 Å². The predicted octanol–water partition coefficient (Wildman–Crippen LogP) is 7.29. The van der Waals surface area contributed by atoms with Crippen LogP contribution in [-0.4, -0.2) is 80.2 Å². The van der Waals surface area contributed by atoms with Crippen LogP contribution in [0.4, 0.5) is 15.3 Å². The van der Waals surface area contributed by atoms with Gasteiger partial charge in [-0.3, -0.25) is 0 Å². The topological polar surface area (TPSA) is 139 Å². The van der Waals surface area contributed by atoms with Crippen molar-refractivity contribution < 1.29 is 32.6 Å². The summed E-state index contributed by atoms with van der Waals surface area (Å²) in [5, 5.41) is 9.16. The molecule has 0 bridgehead atoms. The Balaban J connectivity index is 1.04. The molecule has 2 aliphatic carbocycles. The number of carbonyl (C=O) groups is 2. The highest BCUT2D eigenvalue weighted by atomic mass is 35.5. The Hall–Kier alpha value is -5.52. The molecule has 2 amide bonds. The Labute approximate surface area is 312 Å². The highest BCUT2D eigenvalue weighted by Crippen LogP contribution is 2.46. The van der Waals surface area contributed by atoms with Gasteiger partial charge in [-0.2, -0.15) is 0 Å². The number of nitrogens with two attached hydrogens (primary N) is 1. The number of phenols is 1. The Morgan fingerprint density at radius 2 is 1.04 bits per heavy atom. The molecule has 0 atom stereocenters. The van der Waals surface area contributed by atoms with E-state index in [9.17, 15) is 23.1 Å². The summed E-state index contributed by atoms with van der Waals surface area (Å²) in [4.78, 5) is 29.6. The normalized spacial score (nSPS) is 15.6. The summed E-state index contributed by atoms with van der Waals surface area (Å²) in [6.45, 7) is -0.669. The van der Waals surface area contributed by atoms with Crippen molar-refractivity contribution in [1.82, 2.24) is 9.80 Å². The average molecular weight is 750 g/mol. The number of hydrogen-bond donors (Lipinski definition) is 2. The number of nitrogen functional groups attached to an aromatic ring is 1. The summed E-state index contributed by atoms with van der Waals surface area (Å²) in [6.07, 6.45) is -1.46. The van der Waals surface area contributed by atoms with E-state index in [1.54, 1.807) is 0 Å². The molecule has 0 spiro atoms. The predicted molar refractivity (Wildman–Crippen MR) is 202 cm³/mol. The minimum absolute atomic E-state index is 0.0243. The largest absolute Gasteiger partial charge is 0.504 e. The van der Waals surface area contributed by atoms with Gasteiger partial charge in [-0.05, 0) is 56.6 Å². The van der Waals surface area contributed by atoms with Crippen LogP contribution in [0, 0.1) is 0 Å². The van der Waals surface area contributed by atoms with Crippen LogP contribution in [0.25, 0.3) is 22.3 Å². The lowest BCUT2D eigenvalue weighted by molar-refractivity contribution is 0.0931. The van der Waals surface area contributed by atoms with Crippen LogP contribution in [-0.2, 0) is 19.3 Å². The summed E-state index contributed by atoms with van der Waals surface area (Å²) in [7, 11) is -4.48. The molecule has 270 valence electrons. The smallest absolute Gasteiger partial charge is 0.409 e. The molecule has 0 radical (unpaired) electrons. The van der Waals surface area contributed by atoms with E-state index in [1.807, 2.05) is 97.1 Å². The van der Waals surface area contributed by atoms with Crippen LogP contribution in [0.2, 0.25) is 5.02 Å². The SMILES string of the molecule is Nc1ccc(Cl)c(S(=O)(=O)C2CN(C(=O)OCC3c4ccccc4-c4ccccc43)CCN(C(=O)OCC3c4ccccc4-c4ccccc43)C2)c1O. The van der Waals surface area contributed by atoms with Crippen LogP contribution in [0.15, 0.2) is 114 Å². The standard InChI is InChI=1S/C41H36ClN3O7S/c42-36-17-18-37(43)38(46)39(36)53(49,50)25-21-44(40(47)51-23-34-30-13-5-1-9-26(30)27-10-2-6-14-31(27)34)19-20-45(22-25)41(48)52-24-35-32-15-7-3-11-28(32)29-12-4-8-16-33(29)35/h1-18,25,34-35,46H,19-24,43H2. The lowest BCUT2D eigenvalue weighted by atomic mass is 9.98. The van der Waals surface area contributed by atoms with Crippen molar-refractivity contribution in [3.8, 4) is 28.0 Å². The Kier molecular flexibility index (Phi) is 9.00. The van der Waals surface area contributed by atoms with Gasteiger partial charge in [-0.1, -0.05) is 109 Å². The molecular formula is C41H36ClN3O7S. The maximum absolute atomic E-state index is 14.3. The molecule has 53 heavy (non-hydrogen) atoms. The quantitative estimate of drug-likeness (QED) is 0.136. The molecule has 1 aliphatic heterocycles. The number of carbonyl (C=O) groups excluding carboxylic acids is 2. The van der Waals surface area contributed by atoms with Crippen LogP contribution in [0.5, 0.6) is 5.75 Å². The third kappa shape index (κ3) is 6.13. The average Bonchev–Trinajstić information content (AvgIpc) is 3.54. The van der Waals surface area contributed by atoms with Gasteiger partial charge in [0.25, 0.3) is 0 Å². The summed E-state index contributed by atoms with van der Waals surface area (Å²) in [6, 6.07) is 34.4. The molecule has 1 heterocycles. The molecule has 3 N–H and O–H groups in total. The molecule has 0 aromatic heterocycles. The van der Waals surface area contributed by atoms with Gasteiger partial charge in [-0.15, -0.1) is 0 Å². The fourth-order valence-electron chi connectivity index (χ4n) is 7.87. The molecule has 5 aromatic carbocycles. The second kappa shape index (κ2) is 13.8. The fourth-order valence-corrected chi connectivity index (χ4v) is 10.2. The van der Waals surface area contributed by atoms with Gasteiger partial charge in [0.1, 0.15) is 23.4 Å². The summed E-state index contributed by atoms with van der Waals surface area (Å²) in [5.41, 5.74) is 14.1. The molecule has 12 heteroatoms. The number of fused-ring (bicyclic) bond motifs is 6. The van der Waals surface area contributed by atoms with Crippen molar-refractivity contribution >= 4 is 39.3 Å². The van der Waals surface area contributed by atoms with Gasteiger partial charge >= 0.3 is 12.2 Å². The number of rotatable bonds is 6. The molecule has 0 saturated carbocycles. The molecule has 10 nitrogen and oxygen atoms in total. The van der Waals surface area contributed by atoms with E-state index in [4.69, 9.17) is 26.8 Å². The zero-order valence-electron chi connectivity index (χ0n) is 28.5. The van der Waals surface area contributed by atoms with Gasteiger partial charge < -0.3 is 30.1 Å². The van der Waals surface area contributed by atoms with E-state index in [2.05, 4.69) is 0 Å². The maximum Gasteiger partial charge on any atom is 0.409 e. The number of phenolic OH excluding ortho intramolecular Hbond substituents is 1. The first-order chi connectivity index (χ1) is 25.6. The van der Waals surface area contributed by atoms with E-state index < -0.39 is 37.9 Å². The lowest BCUT2D eigenvalue weighted by Gasteiger charge is -2.25. The van der Waals surface area contributed by atoms with Gasteiger partial charge in [0, 0.05) is 38.0 Å². The number of sulfone groups is 1. The zero-order chi connectivity index (χ0) is 36.9. The van der Waals surface area contributed by atoms with Gasteiger partial charge in [0.2, 0.25) is 0 Å². The van der Waals surface area contributed by atoms with E-state index in [0.717, 1.165) is 44.5 Å². The van der Waals surface area contributed by atoms with E-state index in [1.165, 1.54) is 21.9 Å². The van der Waals surface area contributed by atoms with Crippen LogP contribution in [0.3, 0.4) is 0 Å². The molecular weight excluding hydrogens is 714 g/mol. The van der Waals surface area contributed by atoms with Crippen molar-refractivity contribution in [2.45, 2.75) is 22.0 Å². The number of anilines is 1. The number of benzene rings is 5. The highest BCUT2D eigenvalue weighted by Gasteiger charge is 2.41. The first-order valence-corrected chi connectivity index (χ1v) is 19.3. The first-order valence-electron chi connectivity index (χ1n) is 17.3. The van der Waals surface area contributed by atoms with Gasteiger partial charge in [0.15, 0.2) is 15.6 Å². The van der Waals surface area contributed by atoms with E-state index >= 15 is 0 Å². The van der Waals surface area contributed by atoms with Crippen molar-refractivity contribution in [2.75, 3.05) is 45.1 Å². The van der Waals surface area contributed by atoms with Crippen LogP contribution in [0.1, 0.15) is 34.1 Å². The molecule has 0 unspecified atom stereocenters.